The van der Waals surface area contributed by atoms with E-state index in [0.29, 0.717) is 22.1 Å². The molecule has 0 aliphatic carbocycles. The molecule has 1 saturated heterocycles. The predicted molar refractivity (Wildman–Crippen MR) is 139 cm³/mol. The minimum atomic E-state index is -3.04. The van der Waals surface area contributed by atoms with Gasteiger partial charge in [-0.25, -0.2) is 22.9 Å². The van der Waals surface area contributed by atoms with Crippen LogP contribution in [0.4, 0.5) is 13.2 Å². The van der Waals surface area contributed by atoms with Crippen molar-refractivity contribution in [2.24, 2.45) is 10.9 Å². The Morgan fingerprint density at radius 1 is 1.39 bits per heavy atom. The molecule has 14 heteroatoms. The molecule has 0 saturated carbocycles. The van der Waals surface area contributed by atoms with Gasteiger partial charge < -0.3 is 15.2 Å². The Morgan fingerprint density at radius 3 is 2.84 bits per heavy atom. The van der Waals surface area contributed by atoms with Crippen molar-refractivity contribution in [3.63, 3.8) is 0 Å². The van der Waals surface area contributed by atoms with Gasteiger partial charge in [-0.2, -0.15) is 0 Å². The van der Waals surface area contributed by atoms with E-state index < -0.39 is 42.2 Å². The quantitative estimate of drug-likeness (QED) is 0.398. The summed E-state index contributed by atoms with van der Waals surface area (Å²) in [7, 11) is 0. The number of carbonyl (C=O) groups is 2. The summed E-state index contributed by atoms with van der Waals surface area (Å²) in [5.74, 6) is -6.41. The summed E-state index contributed by atoms with van der Waals surface area (Å²) in [5.41, 5.74) is 0.718. The predicted octanol–water partition coefficient (Wildman–Crippen LogP) is 4.23. The molecule has 1 aromatic heterocycles. The minimum Gasteiger partial charge on any atom is -0.481 e. The van der Waals surface area contributed by atoms with Crippen LogP contribution in [0.25, 0.3) is 0 Å². The second-order valence-corrected chi connectivity index (χ2v) is 11.0. The van der Waals surface area contributed by atoms with Crippen LogP contribution in [0, 0.1) is 11.7 Å². The van der Waals surface area contributed by atoms with E-state index in [9.17, 15) is 22.8 Å². The van der Waals surface area contributed by atoms with Crippen LogP contribution in [0.15, 0.2) is 46.0 Å². The molecule has 2 atom stereocenters. The first kappa shape index (κ1) is 28.4. The zero-order chi connectivity index (χ0) is 27.4. The summed E-state index contributed by atoms with van der Waals surface area (Å²) in [4.78, 5) is 34.4. The Kier molecular flexibility index (Phi) is 9.01. The lowest BCUT2D eigenvalue weighted by atomic mass is 9.95. The Hall–Kier alpha value is -2.61. The van der Waals surface area contributed by atoms with Crippen molar-refractivity contribution in [2.45, 2.75) is 18.9 Å². The summed E-state index contributed by atoms with van der Waals surface area (Å²) in [5, 5.41) is 14.2. The summed E-state index contributed by atoms with van der Waals surface area (Å²) in [6.45, 7) is 1.06. The van der Waals surface area contributed by atoms with Gasteiger partial charge in [-0.3, -0.25) is 14.7 Å². The third-order valence-corrected chi connectivity index (χ3v) is 8.15. The van der Waals surface area contributed by atoms with Gasteiger partial charge >= 0.3 is 11.9 Å². The molecule has 1 fully saturated rings. The number of benzene rings is 1. The normalized spacial score (nSPS) is 21.2. The van der Waals surface area contributed by atoms with Crippen molar-refractivity contribution in [1.82, 2.24) is 15.2 Å². The van der Waals surface area contributed by atoms with Crippen molar-refractivity contribution >= 4 is 52.5 Å². The number of nitrogens with zero attached hydrogens (tertiary/aromatic N) is 3. The highest BCUT2D eigenvalue weighted by Crippen LogP contribution is 2.39. The number of ether oxygens (including phenoxy) is 1. The van der Waals surface area contributed by atoms with Crippen LogP contribution < -0.4 is 5.32 Å². The molecule has 38 heavy (non-hydrogen) atoms. The van der Waals surface area contributed by atoms with E-state index in [1.54, 1.807) is 18.5 Å². The van der Waals surface area contributed by atoms with E-state index >= 15 is 0 Å². The van der Waals surface area contributed by atoms with Gasteiger partial charge in [-0.05, 0) is 19.1 Å². The largest absolute Gasteiger partial charge is 0.481 e. The molecule has 0 radical (unpaired) electrons. The Labute approximate surface area is 229 Å². The molecule has 204 valence electrons. The number of aliphatic carboxylic acids is 1. The first-order valence-electron chi connectivity index (χ1n) is 11.6. The molecule has 8 nitrogen and oxygen atoms in total. The monoisotopic (exact) mass is 588 g/mol. The number of nitrogens with one attached hydrogen (secondary N) is 1. The number of carbonyl (C=O) groups excluding carboxylic acids is 1. The molecule has 2 aliphatic rings. The number of rotatable bonds is 10. The SMILES string of the molecule is CCOC(=O)C1=C(CN2CC(CSCC(=O)O)C(F)(F)C2)NC(c2nccs2)=N[C@H]1c1ccc(F)cc1Cl. The molecular formula is C24H24ClF3N4O4S2. The summed E-state index contributed by atoms with van der Waals surface area (Å²) < 4.78 is 48.8. The number of hydrogen-bond donors (Lipinski definition) is 2. The molecular weight excluding hydrogens is 565 g/mol. The number of carboxylic acids is 1. The van der Waals surface area contributed by atoms with Gasteiger partial charge in [0.05, 0.1) is 24.5 Å². The first-order chi connectivity index (χ1) is 18.1. The van der Waals surface area contributed by atoms with Crippen LogP contribution in [0.3, 0.4) is 0 Å². The van der Waals surface area contributed by atoms with Crippen LogP contribution >= 0.6 is 34.7 Å². The molecule has 3 heterocycles. The van der Waals surface area contributed by atoms with Crippen LogP contribution in [-0.2, 0) is 14.3 Å². The van der Waals surface area contributed by atoms with Gasteiger partial charge in [0.15, 0.2) is 10.8 Å². The average Bonchev–Trinajstić information content (AvgIpc) is 3.46. The van der Waals surface area contributed by atoms with Crippen LogP contribution in [0.2, 0.25) is 5.02 Å². The third kappa shape index (κ3) is 6.50. The van der Waals surface area contributed by atoms with Gasteiger partial charge in [0.1, 0.15) is 11.9 Å². The lowest BCUT2D eigenvalue weighted by Crippen LogP contribution is -2.39. The van der Waals surface area contributed by atoms with E-state index in [1.165, 1.54) is 28.4 Å². The Bertz CT molecular complexity index is 1260. The number of hydrogen-bond acceptors (Lipinski definition) is 9. The maximum Gasteiger partial charge on any atom is 0.338 e. The van der Waals surface area contributed by atoms with Crippen molar-refractivity contribution in [1.29, 1.82) is 0 Å². The van der Waals surface area contributed by atoms with E-state index in [0.717, 1.165) is 17.8 Å². The number of alkyl halides is 2. The van der Waals surface area contributed by atoms with Crippen molar-refractivity contribution < 1.29 is 32.6 Å². The number of aromatic nitrogens is 1. The standard InChI is InChI=1S/C24H24ClF3N4O4S2/c1-2-36-23(35)19-17(9-32-8-13(24(27,28)12-32)10-37-11-18(33)34)30-21(22-29-5-6-38-22)31-20(19)15-4-3-14(26)7-16(15)25/h3-7,13,20H,2,8-12H2,1H3,(H,30,31)(H,33,34)/t13?,20-/m0/s1. The van der Waals surface area contributed by atoms with E-state index in [1.807, 2.05) is 0 Å². The van der Waals surface area contributed by atoms with Crippen molar-refractivity contribution in [3.8, 4) is 0 Å². The smallest absolute Gasteiger partial charge is 0.338 e. The fourth-order valence-corrected chi connectivity index (χ4v) is 6.10. The molecule has 1 aromatic carbocycles. The number of thiazole rings is 1. The second-order valence-electron chi connectivity index (χ2n) is 8.66. The average molecular weight is 589 g/mol. The van der Waals surface area contributed by atoms with Gasteiger partial charge in [0.25, 0.3) is 5.92 Å². The molecule has 0 amide bonds. The molecule has 0 bridgehead atoms. The maximum absolute atomic E-state index is 14.8. The molecule has 2 aromatic rings. The van der Waals surface area contributed by atoms with Crippen molar-refractivity contribution in [3.05, 3.63) is 62.5 Å². The molecule has 4 rings (SSSR count). The number of amidine groups is 1. The first-order valence-corrected chi connectivity index (χ1v) is 14.0. The minimum absolute atomic E-state index is 0.00734. The zero-order valence-corrected chi connectivity index (χ0v) is 22.5. The summed E-state index contributed by atoms with van der Waals surface area (Å²) in [6, 6.07) is 2.74. The maximum atomic E-state index is 14.8. The second kappa shape index (κ2) is 12.1. The fraction of sp³-hybridized carbons (Fsp3) is 0.417. The molecule has 0 spiro atoms. The van der Waals surface area contributed by atoms with Gasteiger partial charge in [-0.15, -0.1) is 23.1 Å². The van der Waals surface area contributed by atoms with E-state index in [2.05, 4.69) is 15.3 Å². The number of likely N-dealkylation sites (tertiary alicyclic amines) is 1. The molecule has 1 unspecified atom stereocenters. The number of halogens is 4. The van der Waals surface area contributed by atoms with Gasteiger partial charge in [0, 0.05) is 52.6 Å². The summed E-state index contributed by atoms with van der Waals surface area (Å²) >= 11 is 8.59. The fourth-order valence-electron chi connectivity index (χ4n) is 4.31. The summed E-state index contributed by atoms with van der Waals surface area (Å²) in [6.07, 6.45) is 1.58. The Balaban J connectivity index is 1.70. The molecule has 2 N–H and O–H groups in total. The third-order valence-electron chi connectivity index (χ3n) is 5.95. The zero-order valence-electron chi connectivity index (χ0n) is 20.1. The number of esters is 1. The highest BCUT2D eigenvalue weighted by Gasteiger charge is 2.48. The Morgan fingerprint density at radius 2 is 2.18 bits per heavy atom. The van der Waals surface area contributed by atoms with Crippen LogP contribution in [-0.4, -0.2) is 76.4 Å². The number of aliphatic imine (C=N–C) groups is 1. The van der Waals surface area contributed by atoms with Crippen molar-refractivity contribution in [2.75, 3.05) is 37.7 Å². The highest BCUT2D eigenvalue weighted by molar-refractivity contribution is 7.99. The number of thioether (sulfide) groups is 1. The van der Waals surface area contributed by atoms with Gasteiger partial charge in [-0.1, -0.05) is 17.7 Å². The lowest BCUT2D eigenvalue weighted by molar-refractivity contribution is -0.139. The van der Waals surface area contributed by atoms with E-state index in [4.69, 9.17) is 21.4 Å². The van der Waals surface area contributed by atoms with E-state index in [-0.39, 0.29) is 41.8 Å². The van der Waals surface area contributed by atoms with Gasteiger partial charge in [0.2, 0.25) is 0 Å². The topological polar surface area (TPSA) is 104 Å². The van der Waals surface area contributed by atoms with Crippen LogP contribution in [0.5, 0.6) is 0 Å². The van der Waals surface area contributed by atoms with Crippen LogP contribution in [0.1, 0.15) is 23.5 Å². The highest BCUT2D eigenvalue weighted by atomic mass is 35.5. The number of carboxylic acid groups (broad SMARTS) is 1. The lowest BCUT2D eigenvalue weighted by Gasteiger charge is -2.29. The molecule has 2 aliphatic heterocycles.